The van der Waals surface area contributed by atoms with Gasteiger partial charge in [0.1, 0.15) is 6.04 Å². The monoisotopic (exact) mass is 276 g/mol. The zero-order chi connectivity index (χ0) is 13.9. The molecule has 0 spiro atoms. The van der Waals surface area contributed by atoms with E-state index in [2.05, 4.69) is 17.5 Å². The summed E-state index contributed by atoms with van der Waals surface area (Å²) in [7, 11) is 0. The third kappa shape index (κ3) is 2.74. The number of hydrogen-bond acceptors (Lipinski definition) is 2. The third-order valence-electron chi connectivity index (χ3n) is 4.98. The summed E-state index contributed by atoms with van der Waals surface area (Å²) < 4.78 is 0. The zero-order valence-electron chi connectivity index (χ0n) is 12.0. The number of allylic oxidation sites excluding steroid dienone is 1. The van der Waals surface area contributed by atoms with Gasteiger partial charge in [0.15, 0.2) is 0 Å². The van der Waals surface area contributed by atoms with Crippen molar-refractivity contribution in [2.24, 2.45) is 5.92 Å². The molecule has 1 heterocycles. The number of amides is 2. The first kappa shape index (κ1) is 13.7. The molecule has 110 valence electrons. The van der Waals surface area contributed by atoms with Gasteiger partial charge in [-0.15, -0.1) is 0 Å². The van der Waals surface area contributed by atoms with Crippen LogP contribution in [0.4, 0.5) is 0 Å². The van der Waals surface area contributed by atoms with Crippen molar-refractivity contribution in [1.82, 2.24) is 10.2 Å². The third-order valence-corrected chi connectivity index (χ3v) is 4.98. The molecule has 2 atom stereocenters. The lowest BCUT2D eigenvalue weighted by atomic mass is 9.82. The van der Waals surface area contributed by atoms with Crippen molar-refractivity contribution in [3.05, 3.63) is 12.2 Å². The van der Waals surface area contributed by atoms with Crippen LogP contribution >= 0.6 is 0 Å². The normalized spacial score (nSPS) is 32.3. The Morgan fingerprint density at radius 2 is 1.85 bits per heavy atom. The number of rotatable bonds is 2. The molecular weight excluding hydrogens is 252 g/mol. The fourth-order valence-electron chi connectivity index (χ4n) is 3.85. The predicted molar refractivity (Wildman–Crippen MR) is 77.0 cm³/mol. The fraction of sp³-hybridized carbons (Fsp3) is 0.750. The molecule has 0 radical (unpaired) electrons. The van der Waals surface area contributed by atoms with Gasteiger partial charge in [-0.3, -0.25) is 9.59 Å². The number of hydrogen-bond donors (Lipinski definition) is 1. The molecule has 20 heavy (non-hydrogen) atoms. The van der Waals surface area contributed by atoms with Crippen LogP contribution in [0.3, 0.4) is 0 Å². The molecule has 0 bridgehead atoms. The van der Waals surface area contributed by atoms with E-state index in [1.54, 1.807) is 0 Å². The molecule has 1 aliphatic heterocycles. The smallest absolute Gasteiger partial charge is 0.246 e. The van der Waals surface area contributed by atoms with E-state index in [4.69, 9.17) is 0 Å². The largest absolute Gasteiger partial charge is 0.342 e. The summed E-state index contributed by atoms with van der Waals surface area (Å²) >= 11 is 0. The summed E-state index contributed by atoms with van der Waals surface area (Å²) in [6.45, 7) is 0.251. The lowest BCUT2D eigenvalue weighted by molar-refractivity contribution is -0.148. The molecule has 2 amide bonds. The second kappa shape index (κ2) is 5.98. The topological polar surface area (TPSA) is 49.4 Å². The van der Waals surface area contributed by atoms with Crippen LogP contribution in [0.5, 0.6) is 0 Å². The minimum Gasteiger partial charge on any atom is -0.342 e. The number of piperazine rings is 1. The minimum atomic E-state index is -0.262. The van der Waals surface area contributed by atoms with Crippen molar-refractivity contribution in [3.63, 3.8) is 0 Å². The van der Waals surface area contributed by atoms with Gasteiger partial charge in [0.05, 0.1) is 6.54 Å². The maximum absolute atomic E-state index is 12.8. The highest BCUT2D eigenvalue weighted by molar-refractivity contribution is 5.95. The zero-order valence-corrected chi connectivity index (χ0v) is 12.0. The van der Waals surface area contributed by atoms with E-state index in [9.17, 15) is 9.59 Å². The van der Waals surface area contributed by atoms with Crippen molar-refractivity contribution in [2.75, 3.05) is 6.54 Å². The van der Waals surface area contributed by atoms with Crippen molar-refractivity contribution in [2.45, 2.75) is 63.5 Å². The summed E-state index contributed by atoms with van der Waals surface area (Å²) in [5.74, 6) is 0.536. The highest BCUT2D eigenvalue weighted by atomic mass is 16.2. The first-order valence-electron chi connectivity index (χ1n) is 8.00. The van der Waals surface area contributed by atoms with Gasteiger partial charge >= 0.3 is 0 Å². The van der Waals surface area contributed by atoms with E-state index in [0.717, 1.165) is 32.1 Å². The quantitative estimate of drug-likeness (QED) is 0.784. The molecule has 1 saturated carbocycles. The lowest BCUT2D eigenvalue weighted by Gasteiger charge is -2.41. The van der Waals surface area contributed by atoms with E-state index in [1.807, 2.05) is 4.90 Å². The maximum Gasteiger partial charge on any atom is 0.246 e. The molecule has 0 aromatic rings. The van der Waals surface area contributed by atoms with E-state index in [-0.39, 0.29) is 30.4 Å². The Hall–Kier alpha value is -1.32. The lowest BCUT2D eigenvalue weighted by Crippen LogP contribution is -2.63. The average Bonchev–Trinajstić information content (AvgIpc) is 2.51. The molecule has 4 nitrogen and oxygen atoms in total. The molecule has 0 aromatic heterocycles. The average molecular weight is 276 g/mol. The van der Waals surface area contributed by atoms with E-state index >= 15 is 0 Å². The summed E-state index contributed by atoms with van der Waals surface area (Å²) in [6, 6.07) is -0.0351. The molecule has 0 aromatic carbocycles. The highest BCUT2D eigenvalue weighted by Crippen LogP contribution is 2.30. The first-order valence-corrected chi connectivity index (χ1v) is 8.00. The first-order chi connectivity index (χ1) is 9.75. The van der Waals surface area contributed by atoms with Crippen LogP contribution in [-0.4, -0.2) is 35.3 Å². The molecule has 3 rings (SSSR count). The summed E-state index contributed by atoms with van der Waals surface area (Å²) in [4.78, 5) is 26.6. The second-order valence-electron chi connectivity index (χ2n) is 6.35. The summed E-state index contributed by atoms with van der Waals surface area (Å²) in [5, 5.41) is 2.96. The Morgan fingerprint density at radius 3 is 2.55 bits per heavy atom. The minimum absolute atomic E-state index is 0.0229. The molecule has 3 aliphatic rings. The van der Waals surface area contributed by atoms with Crippen LogP contribution in [0.2, 0.25) is 0 Å². The summed E-state index contributed by atoms with van der Waals surface area (Å²) in [5.41, 5.74) is 0. The molecule has 1 N–H and O–H groups in total. The molecular formula is C16H24N2O2. The molecule has 4 heteroatoms. The van der Waals surface area contributed by atoms with Gasteiger partial charge in [0.2, 0.25) is 11.8 Å². The Balaban J connectivity index is 1.72. The van der Waals surface area contributed by atoms with Gasteiger partial charge in [-0.1, -0.05) is 31.4 Å². The number of nitrogens with zero attached hydrogens (tertiary/aromatic N) is 1. The molecule has 2 fully saturated rings. The number of carbonyl (C=O) groups is 2. The Labute approximate surface area is 120 Å². The van der Waals surface area contributed by atoms with Gasteiger partial charge in [-0.25, -0.2) is 0 Å². The Bertz CT molecular complexity index is 413. The SMILES string of the molecule is O=C1CN(C2CC=CCC2)C(=O)C(C2CCCCC2)N1. The Morgan fingerprint density at radius 1 is 1.05 bits per heavy atom. The van der Waals surface area contributed by atoms with Crippen LogP contribution in [0.15, 0.2) is 12.2 Å². The van der Waals surface area contributed by atoms with Crippen molar-refractivity contribution in [3.8, 4) is 0 Å². The fourth-order valence-corrected chi connectivity index (χ4v) is 3.85. The maximum atomic E-state index is 12.8. The predicted octanol–water partition coefficient (Wildman–Crippen LogP) is 2.00. The van der Waals surface area contributed by atoms with Gasteiger partial charge in [-0.05, 0) is 38.0 Å². The summed E-state index contributed by atoms with van der Waals surface area (Å²) in [6.07, 6.45) is 13.0. The van der Waals surface area contributed by atoms with E-state index < -0.39 is 0 Å². The van der Waals surface area contributed by atoms with Crippen LogP contribution in [0, 0.1) is 5.92 Å². The van der Waals surface area contributed by atoms with Crippen molar-refractivity contribution < 1.29 is 9.59 Å². The van der Waals surface area contributed by atoms with E-state index in [0.29, 0.717) is 5.92 Å². The molecule has 1 saturated heterocycles. The van der Waals surface area contributed by atoms with Gasteiger partial charge in [0, 0.05) is 6.04 Å². The van der Waals surface area contributed by atoms with Crippen LogP contribution in [-0.2, 0) is 9.59 Å². The number of nitrogens with one attached hydrogen (secondary N) is 1. The van der Waals surface area contributed by atoms with Gasteiger partial charge < -0.3 is 10.2 Å². The van der Waals surface area contributed by atoms with Crippen LogP contribution in [0.25, 0.3) is 0 Å². The van der Waals surface area contributed by atoms with E-state index in [1.165, 1.54) is 19.3 Å². The standard InChI is InChI=1S/C16H24N2O2/c19-14-11-18(13-9-5-2-6-10-13)16(20)15(17-14)12-7-3-1-4-8-12/h2,5,12-13,15H,1,3-4,6-11H2,(H,17,19). The molecule has 2 unspecified atom stereocenters. The van der Waals surface area contributed by atoms with Crippen LogP contribution in [0.1, 0.15) is 51.4 Å². The second-order valence-corrected chi connectivity index (χ2v) is 6.35. The highest BCUT2D eigenvalue weighted by Gasteiger charge is 2.40. The van der Waals surface area contributed by atoms with Gasteiger partial charge in [0.25, 0.3) is 0 Å². The van der Waals surface area contributed by atoms with Crippen molar-refractivity contribution in [1.29, 1.82) is 0 Å². The van der Waals surface area contributed by atoms with Gasteiger partial charge in [-0.2, -0.15) is 0 Å². The number of carbonyl (C=O) groups excluding carboxylic acids is 2. The van der Waals surface area contributed by atoms with Crippen LogP contribution < -0.4 is 5.32 Å². The Kier molecular flexibility index (Phi) is 4.08. The molecule has 2 aliphatic carbocycles. The van der Waals surface area contributed by atoms with Crippen molar-refractivity contribution >= 4 is 11.8 Å².